The summed E-state index contributed by atoms with van der Waals surface area (Å²) >= 11 is 0. The summed E-state index contributed by atoms with van der Waals surface area (Å²) in [5.74, 6) is 0.923. The molecular formula is C32H41NO7S. The molecule has 3 aromatic carbocycles. The Kier molecular flexibility index (Phi) is 10.4. The number of ether oxygens (including phenoxy) is 4. The highest BCUT2D eigenvalue weighted by Gasteiger charge is 2.27. The molecule has 1 atom stereocenters. The quantitative estimate of drug-likeness (QED) is 0.256. The number of benzene rings is 3. The number of nitrogens with one attached hydrogen (secondary N) is 1. The van der Waals surface area contributed by atoms with Crippen molar-refractivity contribution in [3.8, 4) is 11.5 Å². The minimum atomic E-state index is -3.31. The Labute approximate surface area is 243 Å². The number of hydrogen-bond donors (Lipinski definition) is 2. The van der Waals surface area contributed by atoms with Gasteiger partial charge >= 0.3 is 0 Å². The SMILES string of the molecule is CC(C)S(=O)(=O)c1cccc(COCCOc2ccc(CCNC[C@H](O)c3ccc4c(c3)COC(C)(C)O4)cc2)c1. The standard InChI is InChI=1S/C32H41NO7S/c1-23(2)41(35,36)29-7-5-6-25(18-29)21-37-16-17-38-28-11-8-24(9-12-28)14-15-33-20-30(34)26-10-13-31-27(19-26)22-39-32(3,4)40-31/h5-13,18-19,23,30,33-34H,14-17,20-22H2,1-4H3/t30-/m0/s1. The predicted octanol–water partition coefficient (Wildman–Crippen LogP) is 4.98. The molecule has 41 heavy (non-hydrogen) atoms. The number of aliphatic hydroxyl groups excluding tert-OH is 1. The third kappa shape index (κ3) is 8.77. The van der Waals surface area contributed by atoms with Crippen LogP contribution in [0.5, 0.6) is 11.5 Å². The van der Waals surface area contributed by atoms with Crippen LogP contribution in [-0.2, 0) is 38.9 Å². The van der Waals surface area contributed by atoms with Gasteiger partial charge in [0.15, 0.2) is 9.84 Å². The van der Waals surface area contributed by atoms with Gasteiger partial charge in [0.05, 0.1) is 36.1 Å². The lowest BCUT2D eigenvalue weighted by Crippen LogP contribution is -2.35. The molecule has 1 aliphatic rings. The van der Waals surface area contributed by atoms with Crippen molar-refractivity contribution in [3.05, 3.63) is 89.0 Å². The van der Waals surface area contributed by atoms with Gasteiger partial charge in [-0.25, -0.2) is 8.42 Å². The van der Waals surface area contributed by atoms with Gasteiger partial charge < -0.3 is 29.4 Å². The zero-order valence-electron chi connectivity index (χ0n) is 24.3. The molecular weight excluding hydrogens is 542 g/mol. The zero-order chi connectivity index (χ0) is 29.5. The second-order valence-electron chi connectivity index (χ2n) is 10.9. The lowest BCUT2D eigenvalue weighted by atomic mass is 10.0. The summed E-state index contributed by atoms with van der Waals surface area (Å²) in [5.41, 5.74) is 3.76. The van der Waals surface area contributed by atoms with E-state index in [1.807, 2.05) is 62.4 Å². The van der Waals surface area contributed by atoms with E-state index in [1.165, 1.54) is 0 Å². The first-order valence-electron chi connectivity index (χ1n) is 14.0. The third-order valence-electron chi connectivity index (χ3n) is 6.86. The molecule has 0 radical (unpaired) electrons. The van der Waals surface area contributed by atoms with Crippen LogP contribution in [0, 0.1) is 0 Å². The van der Waals surface area contributed by atoms with E-state index in [1.54, 1.807) is 32.0 Å². The van der Waals surface area contributed by atoms with Crippen molar-refractivity contribution in [2.75, 3.05) is 26.3 Å². The summed E-state index contributed by atoms with van der Waals surface area (Å²) in [7, 11) is -3.31. The largest absolute Gasteiger partial charge is 0.491 e. The average Bonchev–Trinajstić information content (AvgIpc) is 2.95. The first-order chi connectivity index (χ1) is 19.5. The summed E-state index contributed by atoms with van der Waals surface area (Å²) in [6.07, 6.45) is 0.202. The molecule has 2 N–H and O–H groups in total. The Morgan fingerprint density at radius 2 is 1.78 bits per heavy atom. The summed E-state index contributed by atoms with van der Waals surface area (Å²) in [6, 6.07) is 20.5. The molecule has 0 spiro atoms. The fourth-order valence-corrected chi connectivity index (χ4v) is 5.53. The second-order valence-corrected chi connectivity index (χ2v) is 13.4. The van der Waals surface area contributed by atoms with Crippen LogP contribution in [-0.4, -0.2) is 50.9 Å². The van der Waals surface area contributed by atoms with E-state index in [-0.39, 0.29) is 0 Å². The van der Waals surface area contributed by atoms with E-state index < -0.39 is 27.0 Å². The van der Waals surface area contributed by atoms with Gasteiger partial charge in [-0.15, -0.1) is 0 Å². The molecule has 222 valence electrons. The number of aliphatic hydroxyl groups is 1. The zero-order valence-corrected chi connectivity index (χ0v) is 25.1. The highest BCUT2D eigenvalue weighted by atomic mass is 32.2. The molecule has 0 aliphatic carbocycles. The number of fused-ring (bicyclic) bond motifs is 1. The van der Waals surface area contributed by atoms with Crippen molar-refractivity contribution in [2.45, 2.75) is 69.4 Å². The van der Waals surface area contributed by atoms with Gasteiger partial charge in [0.2, 0.25) is 5.79 Å². The molecule has 8 nitrogen and oxygen atoms in total. The Bertz CT molecular complexity index is 1390. The van der Waals surface area contributed by atoms with Gasteiger partial charge in [0.1, 0.15) is 18.1 Å². The number of rotatable bonds is 14. The number of sulfone groups is 1. The average molecular weight is 584 g/mol. The van der Waals surface area contributed by atoms with Gasteiger partial charge in [-0.3, -0.25) is 0 Å². The second kappa shape index (κ2) is 13.8. The fraction of sp³-hybridized carbons (Fsp3) is 0.438. The molecule has 0 bridgehead atoms. The van der Waals surface area contributed by atoms with Gasteiger partial charge in [-0.1, -0.05) is 30.3 Å². The Hall–Kier alpha value is -2.95. The molecule has 0 aromatic heterocycles. The molecule has 0 unspecified atom stereocenters. The molecule has 0 saturated carbocycles. The van der Waals surface area contributed by atoms with E-state index in [2.05, 4.69) is 5.32 Å². The van der Waals surface area contributed by atoms with Crippen LogP contribution in [0.1, 0.15) is 56.1 Å². The van der Waals surface area contributed by atoms with E-state index in [9.17, 15) is 13.5 Å². The molecule has 0 saturated heterocycles. The summed E-state index contributed by atoms with van der Waals surface area (Å²) < 4.78 is 47.7. The first-order valence-corrected chi connectivity index (χ1v) is 15.5. The van der Waals surface area contributed by atoms with E-state index in [4.69, 9.17) is 18.9 Å². The molecule has 9 heteroatoms. The van der Waals surface area contributed by atoms with Crippen molar-refractivity contribution in [2.24, 2.45) is 0 Å². The topological polar surface area (TPSA) is 103 Å². The van der Waals surface area contributed by atoms with Crippen LogP contribution >= 0.6 is 0 Å². The van der Waals surface area contributed by atoms with E-state index in [0.29, 0.717) is 37.9 Å². The van der Waals surface area contributed by atoms with Crippen LogP contribution in [0.4, 0.5) is 0 Å². The van der Waals surface area contributed by atoms with Crippen molar-refractivity contribution < 1.29 is 32.5 Å². The lowest BCUT2D eigenvalue weighted by Gasteiger charge is -2.33. The highest BCUT2D eigenvalue weighted by Crippen LogP contribution is 2.32. The van der Waals surface area contributed by atoms with Crippen molar-refractivity contribution in [3.63, 3.8) is 0 Å². The van der Waals surface area contributed by atoms with Crippen molar-refractivity contribution in [1.29, 1.82) is 0 Å². The maximum atomic E-state index is 12.4. The molecule has 4 rings (SSSR count). The summed E-state index contributed by atoms with van der Waals surface area (Å²) in [6.45, 7) is 9.86. The van der Waals surface area contributed by atoms with E-state index in [0.717, 1.165) is 46.7 Å². The Balaban J connectivity index is 1.12. The van der Waals surface area contributed by atoms with Crippen LogP contribution in [0.15, 0.2) is 71.6 Å². The van der Waals surface area contributed by atoms with Gasteiger partial charge in [-0.2, -0.15) is 0 Å². The first kappa shape index (κ1) is 31.0. The van der Waals surface area contributed by atoms with Crippen molar-refractivity contribution in [1.82, 2.24) is 5.32 Å². The van der Waals surface area contributed by atoms with Crippen LogP contribution < -0.4 is 14.8 Å². The smallest absolute Gasteiger partial charge is 0.205 e. The van der Waals surface area contributed by atoms with Crippen molar-refractivity contribution >= 4 is 9.84 Å². The normalized spacial score (nSPS) is 15.3. The van der Waals surface area contributed by atoms with E-state index >= 15 is 0 Å². The summed E-state index contributed by atoms with van der Waals surface area (Å²) in [5, 5.41) is 13.5. The van der Waals surface area contributed by atoms with Gasteiger partial charge in [0.25, 0.3) is 0 Å². The third-order valence-corrected chi connectivity index (χ3v) is 9.02. The monoisotopic (exact) mass is 583 g/mol. The lowest BCUT2D eigenvalue weighted by molar-refractivity contribution is -0.180. The summed E-state index contributed by atoms with van der Waals surface area (Å²) in [4.78, 5) is 0.320. The van der Waals surface area contributed by atoms with Gasteiger partial charge in [0, 0.05) is 26.0 Å². The maximum absolute atomic E-state index is 12.4. The number of hydrogen-bond acceptors (Lipinski definition) is 8. The molecule has 0 fully saturated rings. The molecule has 1 heterocycles. The minimum absolute atomic E-state index is 0.319. The molecule has 0 amide bonds. The highest BCUT2D eigenvalue weighted by molar-refractivity contribution is 7.92. The Morgan fingerprint density at radius 1 is 1.00 bits per heavy atom. The predicted molar refractivity (Wildman–Crippen MR) is 158 cm³/mol. The molecule has 1 aliphatic heterocycles. The Morgan fingerprint density at radius 3 is 2.54 bits per heavy atom. The van der Waals surface area contributed by atoms with Crippen LogP contribution in [0.2, 0.25) is 0 Å². The fourth-order valence-electron chi connectivity index (χ4n) is 4.40. The molecule has 3 aromatic rings. The van der Waals surface area contributed by atoms with Gasteiger partial charge in [-0.05, 0) is 79.9 Å². The maximum Gasteiger partial charge on any atom is 0.205 e. The van der Waals surface area contributed by atoms with Crippen LogP contribution in [0.25, 0.3) is 0 Å². The van der Waals surface area contributed by atoms with Crippen LogP contribution in [0.3, 0.4) is 0 Å². The minimum Gasteiger partial charge on any atom is -0.491 e.